The Morgan fingerprint density at radius 2 is 1.40 bits per heavy atom. The first-order chi connectivity index (χ1) is 7.01. The van der Waals surface area contributed by atoms with Crippen molar-refractivity contribution in [2.45, 2.75) is 18.6 Å². The van der Waals surface area contributed by atoms with Crippen LogP contribution in [0.25, 0.3) is 0 Å². The second-order valence-electron chi connectivity index (χ2n) is 3.47. The lowest BCUT2D eigenvalue weighted by Gasteiger charge is -2.28. The van der Waals surface area contributed by atoms with E-state index < -0.39 is 17.1 Å². The molecule has 0 aliphatic rings. The SMILES string of the molecule is C=C[Si](CC[Si](C)(OC)OC)(OC)OC. The van der Waals surface area contributed by atoms with Gasteiger partial charge in [-0.1, -0.05) is 0 Å². The Morgan fingerprint density at radius 1 is 0.933 bits per heavy atom. The molecule has 0 fully saturated rings. The fourth-order valence-corrected chi connectivity index (χ4v) is 6.14. The summed E-state index contributed by atoms with van der Waals surface area (Å²) in [6.07, 6.45) is 0. The van der Waals surface area contributed by atoms with E-state index in [1.807, 2.05) is 6.55 Å². The predicted molar refractivity (Wildman–Crippen MR) is 65.2 cm³/mol. The van der Waals surface area contributed by atoms with Crippen LogP contribution in [-0.2, 0) is 17.7 Å². The molecule has 6 heteroatoms. The Hall–Kier alpha value is 0.0138. The maximum absolute atomic E-state index is 5.43. The summed E-state index contributed by atoms with van der Waals surface area (Å²) >= 11 is 0. The molecule has 0 bridgehead atoms. The van der Waals surface area contributed by atoms with Crippen LogP contribution in [0.1, 0.15) is 0 Å². The van der Waals surface area contributed by atoms with Crippen molar-refractivity contribution in [2.75, 3.05) is 28.4 Å². The molecule has 0 saturated carbocycles. The van der Waals surface area contributed by atoms with Gasteiger partial charge in [0.15, 0.2) is 0 Å². The van der Waals surface area contributed by atoms with Crippen LogP contribution >= 0.6 is 0 Å². The minimum absolute atomic E-state index is 0.813. The van der Waals surface area contributed by atoms with Gasteiger partial charge in [-0.3, -0.25) is 0 Å². The average Bonchev–Trinajstić information content (AvgIpc) is 2.31. The molecule has 4 nitrogen and oxygen atoms in total. The molecule has 0 radical (unpaired) electrons. The first kappa shape index (κ1) is 15.0. The Morgan fingerprint density at radius 3 is 1.67 bits per heavy atom. The summed E-state index contributed by atoms with van der Waals surface area (Å²) in [6, 6.07) is 1.66. The van der Waals surface area contributed by atoms with Crippen LogP contribution in [0.3, 0.4) is 0 Å². The number of rotatable bonds is 8. The van der Waals surface area contributed by atoms with Crippen molar-refractivity contribution in [3.63, 3.8) is 0 Å². The second-order valence-corrected chi connectivity index (χ2v) is 10.4. The quantitative estimate of drug-likeness (QED) is 0.616. The van der Waals surface area contributed by atoms with E-state index in [0.717, 1.165) is 12.1 Å². The molecule has 0 rings (SSSR count). The van der Waals surface area contributed by atoms with Gasteiger partial charge in [-0.15, -0.1) is 6.58 Å². The third-order valence-electron chi connectivity index (χ3n) is 2.79. The van der Waals surface area contributed by atoms with E-state index in [4.69, 9.17) is 17.7 Å². The minimum atomic E-state index is -2.22. The molecule has 0 aromatic rings. The second kappa shape index (κ2) is 6.56. The molecule has 0 heterocycles. The highest BCUT2D eigenvalue weighted by Gasteiger charge is 2.38. The van der Waals surface area contributed by atoms with Gasteiger partial charge in [0.1, 0.15) is 0 Å². The van der Waals surface area contributed by atoms with E-state index in [1.165, 1.54) is 0 Å². The normalized spacial score (nSPS) is 12.9. The zero-order valence-electron chi connectivity index (χ0n) is 10.3. The highest BCUT2D eigenvalue weighted by Crippen LogP contribution is 2.22. The van der Waals surface area contributed by atoms with Gasteiger partial charge in [0, 0.05) is 28.4 Å². The van der Waals surface area contributed by atoms with Gasteiger partial charge < -0.3 is 17.7 Å². The highest BCUT2D eigenvalue weighted by molar-refractivity contribution is 6.75. The van der Waals surface area contributed by atoms with Crippen molar-refractivity contribution in [3.8, 4) is 0 Å². The molecule has 0 aromatic carbocycles. The van der Waals surface area contributed by atoms with E-state index in [-0.39, 0.29) is 0 Å². The predicted octanol–water partition coefficient (Wildman–Crippen LogP) is 1.81. The highest BCUT2D eigenvalue weighted by atomic mass is 28.4. The molecular formula is C9H22O4Si2. The van der Waals surface area contributed by atoms with Gasteiger partial charge in [0.2, 0.25) is 0 Å². The third-order valence-corrected chi connectivity index (χ3v) is 9.13. The lowest BCUT2D eigenvalue weighted by Crippen LogP contribution is -2.43. The van der Waals surface area contributed by atoms with E-state index in [9.17, 15) is 0 Å². The van der Waals surface area contributed by atoms with Crippen molar-refractivity contribution < 1.29 is 17.7 Å². The maximum atomic E-state index is 5.43. The van der Waals surface area contributed by atoms with Crippen molar-refractivity contribution in [2.24, 2.45) is 0 Å². The molecule has 0 spiro atoms. The van der Waals surface area contributed by atoms with Crippen molar-refractivity contribution in [1.29, 1.82) is 0 Å². The van der Waals surface area contributed by atoms with Crippen LogP contribution in [0.15, 0.2) is 12.3 Å². The Labute approximate surface area is 94.7 Å². The van der Waals surface area contributed by atoms with Gasteiger partial charge in [-0.25, -0.2) is 0 Å². The summed E-state index contributed by atoms with van der Waals surface area (Å²) in [6.45, 7) is 5.80. The third kappa shape index (κ3) is 4.17. The molecular weight excluding hydrogens is 228 g/mol. The molecule has 0 amide bonds. The maximum Gasteiger partial charge on any atom is 0.363 e. The number of hydrogen-bond donors (Lipinski definition) is 0. The molecule has 0 aliphatic carbocycles. The molecule has 0 unspecified atom stereocenters. The van der Waals surface area contributed by atoms with Crippen molar-refractivity contribution >= 4 is 17.1 Å². The lowest BCUT2D eigenvalue weighted by atomic mass is 10.9. The van der Waals surface area contributed by atoms with E-state index in [2.05, 4.69) is 6.58 Å². The van der Waals surface area contributed by atoms with Gasteiger partial charge in [-0.2, -0.15) is 0 Å². The monoisotopic (exact) mass is 250 g/mol. The van der Waals surface area contributed by atoms with Crippen LogP contribution < -0.4 is 0 Å². The van der Waals surface area contributed by atoms with Crippen LogP contribution in [-0.4, -0.2) is 45.6 Å². The molecule has 0 saturated heterocycles. The zero-order valence-corrected chi connectivity index (χ0v) is 12.3. The molecule has 0 aromatic heterocycles. The molecule has 90 valence electrons. The summed E-state index contributed by atoms with van der Waals surface area (Å²) < 4.78 is 21.7. The molecule has 0 aliphatic heterocycles. The summed E-state index contributed by atoms with van der Waals surface area (Å²) in [5, 5.41) is 0. The van der Waals surface area contributed by atoms with Crippen molar-refractivity contribution in [1.82, 2.24) is 0 Å². The fourth-order valence-electron chi connectivity index (χ4n) is 1.24. The molecule has 15 heavy (non-hydrogen) atoms. The van der Waals surface area contributed by atoms with Crippen LogP contribution in [0.5, 0.6) is 0 Å². The van der Waals surface area contributed by atoms with E-state index in [1.54, 1.807) is 34.1 Å². The smallest absolute Gasteiger partial charge is 0.363 e. The number of hydrogen-bond acceptors (Lipinski definition) is 4. The topological polar surface area (TPSA) is 36.9 Å². The summed E-state index contributed by atoms with van der Waals surface area (Å²) in [7, 11) is 2.45. The minimum Gasteiger partial charge on any atom is -0.398 e. The van der Waals surface area contributed by atoms with Gasteiger partial charge in [-0.05, 0) is 24.3 Å². The van der Waals surface area contributed by atoms with Crippen LogP contribution in [0.2, 0.25) is 18.6 Å². The zero-order chi connectivity index (χ0) is 11.9. The van der Waals surface area contributed by atoms with E-state index >= 15 is 0 Å². The van der Waals surface area contributed by atoms with Crippen molar-refractivity contribution in [3.05, 3.63) is 12.3 Å². The molecule has 0 N–H and O–H groups in total. The molecule has 0 atom stereocenters. The van der Waals surface area contributed by atoms with Gasteiger partial charge >= 0.3 is 17.1 Å². The first-order valence-electron chi connectivity index (χ1n) is 4.85. The first-order valence-corrected chi connectivity index (χ1v) is 9.48. The fraction of sp³-hybridized carbons (Fsp3) is 0.778. The van der Waals surface area contributed by atoms with Crippen LogP contribution in [0, 0.1) is 0 Å². The summed E-state index contributed by atoms with van der Waals surface area (Å²) in [5.41, 5.74) is 1.80. The standard InChI is InChI=1S/C9H22O4Si2/c1-7-15(12-4,13-5)9-8-14(6,10-2)11-3/h7H,1,8-9H2,2-6H3. The van der Waals surface area contributed by atoms with E-state index in [0.29, 0.717) is 0 Å². The largest absolute Gasteiger partial charge is 0.398 e. The Balaban J connectivity index is 4.38. The van der Waals surface area contributed by atoms with Gasteiger partial charge in [0.25, 0.3) is 0 Å². The van der Waals surface area contributed by atoms with Gasteiger partial charge in [0.05, 0.1) is 0 Å². The summed E-state index contributed by atoms with van der Waals surface area (Å²) in [4.78, 5) is 0. The lowest BCUT2D eigenvalue weighted by molar-refractivity contribution is 0.239. The Kier molecular flexibility index (Phi) is 6.57. The average molecular weight is 250 g/mol. The summed E-state index contributed by atoms with van der Waals surface area (Å²) in [5.74, 6) is 0. The van der Waals surface area contributed by atoms with Crippen LogP contribution in [0.4, 0.5) is 0 Å². The Bertz CT molecular complexity index is 191.